The molecule has 43 valence electrons. The molecule has 0 amide bonds. The number of dihydropyridines is 1. The van der Waals surface area contributed by atoms with Gasteiger partial charge in [0.1, 0.15) is 5.83 Å². The molecule has 0 aromatic carbocycles. The van der Waals surface area contributed by atoms with Crippen LogP contribution in [0.2, 0.25) is 0 Å². The van der Waals surface area contributed by atoms with E-state index in [2.05, 4.69) is 11.5 Å². The lowest BCUT2D eigenvalue weighted by Crippen LogP contribution is -2.11. The van der Waals surface area contributed by atoms with Crippen LogP contribution in [0, 0.1) is 6.20 Å². The fourth-order valence-electron chi connectivity index (χ4n) is 0.438. The molecule has 1 radical (unpaired) electrons. The van der Waals surface area contributed by atoms with Gasteiger partial charge in [0.25, 0.3) is 0 Å². The maximum atomic E-state index is 12.0. The van der Waals surface area contributed by atoms with Crippen molar-refractivity contribution in [3.8, 4) is 0 Å². The van der Waals surface area contributed by atoms with E-state index in [0.717, 1.165) is 0 Å². The summed E-state index contributed by atoms with van der Waals surface area (Å²) in [6, 6.07) is 0. The van der Waals surface area contributed by atoms with Gasteiger partial charge >= 0.3 is 0 Å². The van der Waals surface area contributed by atoms with Gasteiger partial charge in [-0.1, -0.05) is 11.6 Å². The third-order valence-electron chi connectivity index (χ3n) is 0.748. The van der Waals surface area contributed by atoms with Gasteiger partial charge in [0, 0.05) is 5.03 Å². The van der Waals surface area contributed by atoms with E-state index in [0.29, 0.717) is 11.6 Å². The molecule has 1 aliphatic heterocycles. The van der Waals surface area contributed by atoms with Crippen LogP contribution in [0.3, 0.4) is 0 Å². The van der Waals surface area contributed by atoms with Crippen molar-refractivity contribution in [3.05, 3.63) is 23.1 Å². The monoisotopic (exact) mass is 132 g/mol. The average molecular weight is 133 g/mol. The highest BCUT2D eigenvalue weighted by molar-refractivity contribution is 6.30. The molecule has 0 saturated carbocycles. The maximum Gasteiger partial charge on any atom is 0.149 e. The van der Waals surface area contributed by atoms with E-state index >= 15 is 0 Å². The SMILES string of the molecule is FC1=[C]NCC(Cl)=C1. The number of halogens is 2. The van der Waals surface area contributed by atoms with Crippen molar-refractivity contribution in [2.45, 2.75) is 0 Å². The third-order valence-corrected chi connectivity index (χ3v) is 0.991. The highest BCUT2D eigenvalue weighted by atomic mass is 35.5. The zero-order valence-corrected chi connectivity index (χ0v) is 4.80. The van der Waals surface area contributed by atoms with Gasteiger partial charge < -0.3 is 5.32 Å². The largest absolute Gasteiger partial charge is 0.376 e. The van der Waals surface area contributed by atoms with Gasteiger partial charge in [-0.25, -0.2) is 4.39 Å². The summed E-state index contributed by atoms with van der Waals surface area (Å²) in [4.78, 5) is 0. The molecule has 1 N–H and O–H groups in total. The van der Waals surface area contributed by atoms with Crippen LogP contribution in [-0.4, -0.2) is 6.54 Å². The Morgan fingerprint density at radius 1 is 1.88 bits per heavy atom. The Balaban J connectivity index is 2.69. The first-order valence-corrected chi connectivity index (χ1v) is 2.54. The second-order valence-corrected chi connectivity index (χ2v) is 1.90. The summed E-state index contributed by atoms with van der Waals surface area (Å²) >= 11 is 5.41. The number of rotatable bonds is 0. The van der Waals surface area contributed by atoms with E-state index in [4.69, 9.17) is 11.6 Å². The van der Waals surface area contributed by atoms with E-state index in [-0.39, 0.29) is 0 Å². The predicted octanol–water partition coefficient (Wildman–Crippen LogP) is 1.33. The lowest BCUT2D eigenvalue weighted by atomic mass is 10.4. The molecule has 0 atom stereocenters. The highest BCUT2D eigenvalue weighted by Gasteiger charge is 1.99. The molecule has 1 aliphatic rings. The summed E-state index contributed by atoms with van der Waals surface area (Å²) in [5.74, 6) is -0.443. The van der Waals surface area contributed by atoms with Crippen molar-refractivity contribution in [2.75, 3.05) is 6.54 Å². The van der Waals surface area contributed by atoms with Gasteiger partial charge in [-0.05, 0) is 6.08 Å². The molecule has 0 aromatic rings. The second-order valence-electron chi connectivity index (χ2n) is 1.42. The molecular formula is C5H4ClFN. The number of nitrogens with one attached hydrogen (secondary N) is 1. The lowest BCUT2D eigenvalue weighted by Gasteiger charge is -2.02. The summed E-state index contributed by atoms with van der Waals surface area (Å²) in [7, 11) is 0. The molecule has 0 saturated heterocycles. The fraction of sp³-hybridized carbons (Fsp3) is 0.200. The fourth-order valence-corrected chi connectivity index (χ4v) is 0.600. The summed E-state index contributed by atoms with van der Waals surface area (Å²) in [5, 5.41) is 3.00. The smallest absolute Gasteiger partial charge is 0.149 e. The first-order chi connectivity index (χ1) is 3.79. The summed E-state index contributed by atoms with van der Waals surface area (Å²) in [6.07, 6.45) is 3.49. The van der Waals surface area contributed by atoms with Crippen molar-refractivity contribution in [1.82, 2.24) is 5.32 Å². The van der Waals surface area contributed by atoms with Crippen LogP contribution < -0.4 is 5.32 Å². The van der Waals surface area contributed by atoms with E-state index < -0.39 is 5.83 Å². The lowest BCUT2D eigenvalue weighted by molar-refractivity contribution is 0.637. The van der Waals surface area contributed by atoms with Crippen LogP contribution in [0.15, 0.2) is 16.9 Å². The Hall–Kier alpha value is -0.500. The Kier molecular flexibility index (Phi) is 1.53. The molecule has 0 unspecified atom stereocenters. The zero-order valence-electron chi connectivity index (χ0n) is 4.04. The van der Waals surface area contributed by atoms with Crippen molar-refractivity contribution in [1.29, 1.82) is 0 Å². The number of hydrogen-bond acceptors (Lipinski definition) is 1. The van der Waals surface area contributed by atoms with Crippen molar-refractivity contribution < 1.29 is 4.39 Å². The summed E-state index contributed by atoms with van der Waals surface area (Å²) < 4.78 is 12.0. The van der Waals surface area contributed by atoms with E-state index in [1.165, 1.54) is 6.08 Å². The van der Waals surface area contributed by atoms with Gasteiger partial charge in [0.05, 0.1) is 12.7 Å². The van der Waals surface area contributed by atoms with Crippen LogP contribution in [0.4, 0.5) is 4.39 Å². The van der Waals surface area contributed by atoms with E-state index in [9.17, 15) is 4.39 Å². The van der Waals surface area contributed by atoms with Crippen LogP contribution in [0.1, 0.15) is 0 Å². The first kappa shape index (κ1) is 5.63. The second kappa shape index (κ2) is 2.18. The Labute approximate surface area is 51.8 Å². The molecule has 0 spiro atoms. The van der Waals surface area contributed by atoms with Crippen molar-refractivity contribution in [3.63, 3.8) is 0 Å². The molecule has 1 rings (SSSR count). The standard InChI is InChI=1S/C5H4ClFN/c6-4-1-5(7)3-8-2-4/h1,8H,2H2. The number of allylic oxidation sites excluding steroid dienone is 2. The van der Waals surface area contributed by atoms with Crippen LogP contribution in [0.25, 0.3) is 0 Å². The predicted molar refractivity (Wildman–Crippen MR) is 29.8 cm³/mol. The quantitative estimate of drug-likeness (QED) is 0.524. The van der Waals surface area contributed by atoms with Crippen molar-refractivity contribution >= 4 is 11.6 Å². The maximum absolute atomic E-state index is 12.0. The van der Waals surface area contributed by atoms with Crippen LogP contribution >= 0.6 is 11.6 Å². The van der Waals surface area contributed by atoms with Gasteiger partial charge in [-0.15, -0.1) is 0 Å². The minimum Gasteiger partial charge on any atom is -0.376 e. The molecule has 8 heavy (non-hydrogen) atoms. The molecule has 0 fully saturated rings. The van der Waals surface area contributed by atoms with Crippen LogP contribution in [0.5, 0.6) is 0 Å². The minimum absolute atomic E-state index is 0.443. The van der Waals surface area contributed by atoms with Gasteiger partial charge in [0.2, 0.25) is 0 Å². The average Bonchev–Trinajstić information content (AvgIpc) is 1.64. The topological polar surface area (TPSA) is 12.0 Å². The van der Waals surface area contributed by atoms with E-state index in [1.807, 2.05) is 0 Å². The van der Waals surface area contributed by atoms with E-state index in [1.54, 1.807) is 0 Å². The van der Waals surface area contributed by atoms with Crippen LogP contribution in [-0.2, 0) is 0 Å². The molecular weight excluding hydrogens is 129 g/mol. The van der Waals surface area contributed by atoms with Gasteiger partial charge in [-0.3, -0.25) is 0 Å². The molecule has 0 aromatic heterocycles. The molecule has 1 nitrogen and oxygen atoms in total. The normalized spacial score (nSPS) is 18.8. The summed E-state index contributed by atoms with van der Waals surface area (Å²) in [6.45, 7) is 0.481. The third kappa shape index (κ3) is 1.23. The molecule has 0 bridgehead atoms. The Morgan fingerprint density at radius 2 is 2.62 bits per heavy atom. The Bertz CT molecular complexity index is 151. The molecule has 1 heterocycles. The minimum atomic E-state index is -0.443. The number of hydrogen-bond donors (Lipinski definition) is 1. The van der Waals surface area contributed by atoms with Crippen molar-refractivity contribution in [2.24, 2.45) is 0 Å². The van der Waals surface area contributed by atoms with Gasteiger partial charge in [0.15, 0.2) is 0 Å². The zero-order chi connectivity index (χ0) is 5.98. The van der Waals surface area contributed by atoms with Gasteiger partial charge in [-0.2, -0.15) is 0 Å². The molecule has 3 heteroatoms. The highest BCUT2D eigenvalue weighted by Crippen LogP contribution is 2.09. The Morgan fingerprint density at radius 3 is 3.00 bits per heavy atom. The summed E-state index contributed by atoms with van der Waals surface area (Å²) in [5.41, 5.74) is 0. The molecule has 0 aliphatic carbocycles. The first-order valence-electron chi connectivity index (χ1n) is 2.16.